The van der Waals surface area contributed by atoms with E-state index in [9.17, 15) is 9.90 Å². The summed E-state index contributed by atoms with van der Waals surface area (Å²) in [5.74, 6) is 3.14. The Labute approximate surface area is 198 Å². The first-order valence-electron chi connectivity index (χ1n) is 11.3. The van der Waals surface area contributed by atoms with Gasteiger partial charge in [-0.2, -0.15) is 0 Å². The van der Waals surface area contributed by atoms with Gasteiger partial charge in [-0.1, -0.05) is 25.1 Å². The minimum Gasteiger partial charge on any atom is -0.508 e. The molecule has 7 nitrogen and oxygen atoms in total. The van der Waals surface area contributed by atoms with E-state index in [0.29, 0.717) is 37.0 Å². The van der Waals surface area contributed by atoms with Crippen LogP contribution in [0.1, 0.15) is 42.9 Å². The lowest BCUT2D eigenvalue weighted by Crippen LogP contribution is -2.34. The first kappa shape index (κ1) is 23.3. The van der Waals surface area contributed by atoms with E-state index in [-0.39, 0.29) is 11.0 Å². The largest absolute Gasteiger partial charge is 0.508 e. The lowest BCUT2D eigenvalue weighted by molar-refractivity contribution is -0.121. The average Bonchev–Trinajstić information content (AvgIpc) is 3.32. The molecule has 33 heavy (non-hydrogen) atoms. The van der Waals surface area contributed by atoms with Crippen molar-refractivity contribution >= 4 is 17.5 Å². The van der Waals surface area contributed by atoms with Crippen LogP contribution in [0.2, 0.25) is 0 Å². The lowest BCUT2D eigenvalue weighted by Gasteiger charge is -2.25. The van der Waals surface area contributed by atoms with Crippen LogP contribution in [-0.4, -0.2) is 58.0 Å². The van der Waals surface area contributed by atoms with Crippen LogP contribution in [0.15, 0.2) is 52.9 Å². The lowest BCUT2D eigenvalue weighted by atomic mass is 10.1. The van der Waals surface area contributed by atoms with E-state index in [1.807, 2.05) is 36.4 Å². The van der Waals surface area contributed by atoms with Gasteiger partial charge in [0.15, 0.2) is 0 Å². The first-order valence-corrected chi connectivity index (χ1v) is 12.4. The summed E-state index contributed by atoms with van der Waals surface area (Å²) in [6.45, 7) is 5.36. The highest BCUT2D eigenvalue weighted by Gasteiger charge is 2.24. The van der Waals surface area contributed by atoms with Gasteiger partial charge in [0.25, 0.3) is 0 Å². The van der Waals surface area contributed by atoms with Crippen molar-refractivity contribution in [3.8, 4) is 23.0 Å². The van der Waals surface area contributed by atoms with Gasteiger partial charge in [-0.05, 0) is 42.5 Å². The Morgan fingerprint density at radius 1 is 1.12 bits per heavy atom. The monoisotopic (exact) mass is 467 g/mol. The molecule has 174 valence electrons. The van der Waals surface area contributed by atoms with E-state index >= 15 is 0 Å². The zero-order valence-corrected chi connectivity index (χ0v) is 19.6. The summed E-state index contributed by atoms with van der Waals surface area (Å²) in [6.07, 6.45) is 2.26. The SMILES string of the molecule is CCSC(c1nnc(-c2ccc(OCCCN3CCC(=O)CC3)cc2)o1)c1ccccc1O. The van der Waals surface area contributed by atoms with E-state index in [1.54, 1.807) is 23.9 Å². The zero-order chi connectivity index (χ0) is 23.0. The van der Waals surface area contributed by atoms with Gasteiger partial charge in [0.05, 0.1) is 6.61 Å². The summed E-state index contributed by atoms with van der Waals surface area (Å²) in [7, 11) is 0. The Morgan fingerprint density at radius 3 is 2.61 bits per heavy atom. The molecule has 0 saturated carbocycles. The Bertz CT molecular complexity index is 1040. The standard InChI is InChI=1S/C25H29N3O4S/c1-2-33-23(21-6-3-4-7-22(21)30)25-27-26-24(32-25)18-8-10-20(11-9-18)31-17-5-14-28-15-12-19(29)13-16-28/h3-4,6-11,23,30H,2,5,12-17H2,1H3. The summed E-state index contributed by atoms with van der Waals surface area (Å²) in [6, 6.07) is 14.9. The molecule has 2 heterocycles. The van der Waals surface area contributed by atoms with Crippen LogP contribution < -0.4 is 4.74 Å². The van der Waals surface area contributed by atoms with Crippen LogP contribution in [0.4, 0.5) is 0 Å². The molecule has 1 aliphatic rings. The summed E-state index contributed by atoms with van der Waals surface area (Å²) >= 11 is 1.63. The van der Waals surface area contributed by atoms with Crippen molar-refractivity contribution in [3.63, 3.8) is 0 Å². The molecule has 1 atom stereocenters. The number of carbonyl (C=O) groups is 1. The van der Waals surface area contributed by atoms with Gasteiger partial charge in [0, 0.05) is 43.6 Å². The normalized spacial score (nSPS) is 15.5. The number of phenols is 1. The highest BCUT2D eigenvalue weighted by molar-refractivity contribution is 7.99. The maximum absolute atomic E-state index is 11.3. The molecule has 1 N–H and O–H groups in total. The Hall–Kier alpha value is -2.84. The number of aromatic nitrogens is 2. The number of ether oxygens (including phenoxy) is 1. The Morgan fingerprint density at radius 2 is 1.88 bits per heavy atom. The predicted molar refractivity (Wildman–Crippen MR) is 129 cm³/mol. The number of benzene rings is 2. The van der Waals surface area contributed by atoms with Gasteiger partial charge < -0.3 is 19.2 Å². The summed E-state index contributed by atoms with van der Waals surface area (Å²) in [5.41, 5.74) is 1.58. The fraction of sp³-hybridized carbons (Fsp3) is 0.400. The van der Waals surface area contributed by atoms with Gasteiger partial charge >= 0.3 is 0 Å². The molecule has 3 aromatic rings. The molecular weight excluding hydrogens is 438 g/mol. The highest BCUT2D eigenvalue weighted by Crippen LogP contribution is 2.39. The molecule has 2 aromatic carbocycles. The second kappa shape index (κ2) is 11.3. The van der Waals surface area contributed by atoms with Gasteiger partial charge in [0.2, 0.25) is 11.8 Å². The molecule has 0 bridgehead atoms. The third-order valence-electron chi connectivity index (χ3n) is 5.62. The number of Topliss-reactive ketones (excluding diaryl/α,β-unsaturated/α-hetero) is 1. The number of phenolic OH excluding ortho intramolecular Hbond substituents is 1. The van der Waals surface area contributed by atoms with Crippen LogP contribution in [-0.2, 0) is 4.79 Å². The number of aromatic hydroxyl groups is 1. The molecule has 1 fully saturated rings. The molecule has 1 aliphatic heterocycles. The number of para-hydroxylation sites is 1. The summed E-state index contributed by atoms with van der Waals surface area (Å²) < 4.78 is 11.8. The second-order valence-corrected chi connectivity index (χ2v) is 9.33. The van der Waals surface area contributed by atoms with Crippen LogP contribution in [0, 0.1) is 0 Å². The van der Waals surface area contributed by atoms with Crippen molar-refractivity contribution in [3.05, 3.63) is 60.0 Å². The highest BCUT2D eigenvalue weighted by atomic mass is 32.2. The molecule has 8 heteroatoms. The zero-order valence-electron chi connectivity index (χ0n) is 18.8. The van der Waals surface area contributed by atoms with E-state index in [1.165, 1.54) is 0 Å². The topological polar surface area (TPSA) is 88.7 Å². The van der Waals surface area contributed by atoms with Gasteiger partial charge in [-0.15, -0.1) is 22.0 Å². The van der Waals surface area contributed by atoms with Gasteiger partial charge in [-0.3, -0.25) is 4.79 Å². The van der Waals surface area contributed by atoms with E-state index < -0.39 is 0 Å². The number of nitrogens with zero attached hydrogens (tertiary/aromatic N) is 3. The van der Waals surface area contributed by atoms with Crippen molar-refractivity contribution in [2.24, 2.45) is 0 Å². The van der Waals surface area contributed by atoms with E-state index in [4.69, 9.17) is 9.15 Å². The van der Waals surface area contributed by atoms with E-state index in [2.05, 4.69) is 22.0 Å². The number of thioether (sulfide) groups is 1. The maximum Gasteiger partial charge on any atom is 0.247 e. The van der Waals surface area contributed by atoms with Crippen molar-refractivity contribution in [1.82, 2.24) is 15.1 Å². The smallest absolute Gasteiger partial charge is 0.247 e. The number of ketones is 1. The van der Waals surface area contributed by atoms with E-state index in [0.717, 1.165) is 48.7 Å². The number of likely N-dealkylation sites (tertiary alicyclic amines) is 1. The number of rotatable bonds is 10. The van der Waals surface area contributed by atoms with Crippen molar-refractivity contribution < 1.29 is 19.1 Å². The van der Waals surface area contributed by atoms with Crippen LogP contribution in [0.5, 0.6) is 11.5 Å². The van der Waals surface area contributed by atoms with Crippen LogP contribution >= 0.6 is 11.8 Å². The Balaban J connectivity index is 1.33. The van der Waals surface area contributed by atoms with Crippen molar-refractivity contribution in [2.45, 2.75) is 31.4 Å². The molecule has 1 saturated heterocycles. The molecule has 0 amide bonds. The average molecular weight is 468 g/mol. The summed E-state index contributed by atoms with van der Waals surface area (Å²) in [4.78, 5) is 13.6. The van der Waals surface area contributed by atoms with Crippen molar-refractivity contribution in [1.29, 1.82) is 0 Å². The van der Waals surface area contributed by atoms with Gasteiger partial charge in [0.1, 0.15) is 22.5 Å². The molecule has 1 unspecified atom stereocenters. The van der Waals surface area contributed by atoms with Crippen molar-refractivity contribution in [2.75, 3.05) is 32.0 Å². The maximum atomic E-state index is 11.3. The van der Waals surface area contributed by atoms with Crippen LogP contribution in [0.3, 0.4) is 0 Å². The fourth-order valence-electron chi connectivity index (χ4n) is 3.83. The number of hydrogen-bond acceptors (Lipinski definition) is 8. The number of piperidine rings is 1. The third-order valence-corrected chi connectivity index (χ3v) is 6.74. The minimum absolute atomic E-state index is 0.221. The fourth-order valence-corrected chi connectivity index (χ4v) is 4.78. The third kappa shape index (κ3) is 6.15. The summed E-state index contributed by atoms with van der Waals surface area (Å²) in [5, 5.41) is 18.5. The minimum atomic E-state index is -0.224. The quantitative estimate of drug-likeness (QED) is 0.429. The number of carbonyl (C=O) groups excluding carboxylic acids is 1. The first-order chi connectivity index (χ1) is 16.1. The second-order valence-electron chi connectivity index (χ2n) is 7.95. The predicted octanol–water partition coefficient (Wildman–Crippen LogP) is 4.72. The molecule has 0 aliphatic carbocycles. The molecule has 0 spiro atoms. The van der Waals surface area contributed by atoms with Crippen LogP contribution in [0.25, 0.3) is 11.5 Å². The molecular formula is C25H29N3O4S. The molecule has 0 radical (unpaired) electrons. The Kier molecular flexibility index (Phi) is 8.01. The molecule has 4 rings (SSSR count). The van der Waals surface area contributed by atoms with Gasteiger partial charge in [-0.25, -0.2) is 0 Å². The number of hydrogen-bond donors (Lipinski definition) is 1. The molecule has 1 aromatic heterocycles.